The van der Waals surface area contributed by atoms with Crippen LogP contribution in [0, 0.1) is 0 Å². The summed E-state index contributed by atoms with van der Waals surface area (Å²) < 4.78 is 10.2. The minimum Gasteiger partial charge on any atom is -0.465 e. The number of methoxy groups -OCH3 is 1. The third-order valence-corrected chi connectivity index (χ3v) is 6.05. The van der Waals surface area contributed by atoms with Crippen LogP contribution in [-0.4, -0.2) is 41.5 Å². The average Bonchev–Trinajstić information content (AvgIpc) is 3.38. The standard InChI is InChI=1S/C21H19N3O5S/c1-12(25)24-9-8-14-17(11-24)30-20(18(14)21(27)28-2)22-19(26)15-10-16(29-23-15)13-6-4-3-5-7-13/h3-7,10H,8-9,11H2,1-2H3,(H,22,26). The number of fused-ring (bicyclic) bond motifs is 1. The Morgan fingerprint density at radius 1 is 1.23 bits per heavy atom. The summed E-state index contributed by atoms with van der Waals surface area (Å²) in [6, 6.07) is 10.9. The maximum Gasteiger partial charge on any atom is 0.341 e. The second kappa shape index (κ2) is 8.11. The van der Waals surface area contributed by atoms with Crippen LogP contribution >= 0.6 is 11.3 Å². The first kappa shape index (κ1) is 19.8. The van der Waals surface area contributed by atoms with Crippen LogP contribution in [0.4, 0.5) is 5.00 Å². The Labute approximate surface area is 176 Å². The van der Waals surface area contributed by atoms with Crippen LogP contribution in [0.15, 0.2) is 40.9 Å². The molecule has 4 rings (SSSR count). The van der Waals surface area contributed by atoms with Crippen molar-refractivity contribution in [1.82, 2.24) is 10.1 Å². The number of thiophene rings is 1. The molecule has 3 heterocycles. The number of hydrogen-bond donors (Lipinski definition) is 1. The van der Waals surface area contributed by atoms with E-state index in [1.165, 1.54) is 25.4 Å². The smallest absolute Gasteiger partial charge is 0.341 e. The third kappa shape index (κ3) is 3.71. The summed E-state index contributed by atoms with van der Waals surface area (Å²) in [6.45, 7) is 2.43. The molecule has 154 valence electrons. The molecule has 8 nitrogen and oxygen atoms in total. The highest BCUT2D eigenvalue weighted by Gasteiger charge is 2.30. The molecule has 0 bridgehead atoms. The number of nitrogens with one attached hydrogen (secondary N) is 1. The van der Waals surface area contributed by atoms with Crippen molar-refractivity contribution in [2.75, 3.05) is 19.0 Å². The van der Waals surface area contributed by atoms with Gasteiger partial charge in [-0.15, -0.1) is 11.3 Å². The Morgan fingerprint density at radius 3 is 2.70 bits per heavy atom. The number of nitrogens with zero attached hydrogens (tertiary/aromatic N) is 2. The topological polar surface area (TPSA) is 102 Å². The lowest BCUT2D eigenvalue weighted by atomic mass is 10.0. The lowest BCUT2D eigenvalue weighted by Gasteiger charge is -2.25. The van der Waals surface area contributed by atoms with E-state index in [4.69, 9.17) is 9.26 Å². The molecule has 0 unspecified atom stereocenters. The lowest BCUT2D eigenvalue weighted by Crippen LogP contribution is -2.33. The molecule has 0 atom stereocenters. The molecule has 0 fully saturated rings. The summed E-state index contributed by atoms with van der Waals surface area (Å²) >= 11 is 1.27. The van der Waals surface area contributed by atoms with Gasteiger partial charge in [-0.2, -0.15) is 0 Å². The highest BCUT2D eigenvalue weighted by molar-refractivity contribution is 7.17. The Hall–Kier alpha value is -3.46. The molecule has 1 aliphatic rings. The number of carbonyl (C=O) groups is 3. The highest BCUT2D eigenvalue weighted by atomic mass is 32.1. The van der Waals surface area contributed by atoms with Crippen molar-refractivity contribution in [3.63, 3.8) is 0 Å². The molecule has 30 heavy (non-hydrogen) atoms. The van der Waals surface area contributed by atoms with Crippen LogP contribution in [0.2, 0.25) is 0 Å². The van der Waals surface area contributed by atoms with Gasteiger partial charge in [0, 0.05) is 30.0 Å². The van der Waals surface area contributed by atoms with E-state index in [0.717, 1.165) is 16.0 Å². The van der Waals surface area contributed by atoms with Gasteiger partial charge in [0.25, 0.3) is 5.91 Å². The summed E-state index contributed by atoms with van der Waals surface area (Å²) in [6.07, 6.45) is 0.522. The number of hydrogen-bond acceptors (Lipinski definition) is 7. The number of anilines is 1. The predicted octanol–water partition coefficient (Wildman–Crippen LogP) is 3.35. The molecule has 1 aromatic carbocycles. The number of amides is 2. The Kier molecular flexibility index (Phi) is 5.37. The van der Waals surface area contributed by atoms with Crippen molar-refractivity contribution in [3.05, 3.63) is 58.1 Å². The van der Waals surface area contributed by atoms with Gasteiger partial charge < -0.3 is 19.5 Å². The van der Waals surface area contributed by atoms with E-state index in [9.17, 15) is 14.4 Å². The van der Waals surface area contributed by atoms with E-state index < -0.39 is 11.9 Å². The number of benzene rings is 1. The van der Waals surface area contributed by atoms with E-state index in [0.29, 0.717) is 35.8 Å². The zero-order chi connectivity index (χ0) is 21.3. The van der Waals surface area contributed by atoms with Gasteiger partial charge in [0.2, 0.25) is 5.91 Å². The van der Waals surface area contributed by atoms with E-state index in [-0.39, 0.29) is 11.6 Å². The summed E-state index contributed by atoms with van der Waals surface area (Å²) in [5.41, 5.74) is 2.04. The second-order valence-electron chi connectivity index (χ2n) is 6.79. The van der Waals surface area contributed by atoms with Crippen LogP contribution in [0.3, 0.4) is 0 Å². The fraction of sp³-hybridized carbons (Fsp3) is 0.238. The molecule has 1 aliphatic heterocycles. The van der Waals surface area contributed by atoms with E-state index >= 15 is 0 Å². The number of carbonyl (C=O) groups excluding carboxylic acids is 3. The molecule has 1 N–H and O–H groups in total. The summed E-state index contributed by atoms with van der Waals surface area (Å²) in [7, 11) is 1.30. The van der Waals surface area contributed by atoms with E-state index in [1.807, 2.05) is 30.3 Å². The van der Waals surface area contributed by atoms with Gasteiger partial charge in [-0.25, -0.2) is 4.79 Å². The van der Waals surface area contributed by atoms with Crippen LogP contribution in [0.25, 0.3) is 11.3 Å². The first-order valence-corrected chi connectivity index (χ1v) is 10.1. The van der Waals surface area contributed by atoms with Gasteiger partial charge >= 0.3 is 5.97 Å². The molecule has 0 spiro atoms. The molecule has 0 saturated carbocycles. The van der Waals surface area contributed by atoms with Crippen molar-refractivity contribution >= 4 is 34.1 Å². The van der Waals surface area contributed by atoms with Crippen LogP contribution in [0.1, 0.15) is 38.2 Å². The zero-order valence-electron chi connectivity index (χ0n) is 16.4. The van der Waals surface area contributed by atoms with E-state index in [1.54, 1.807) is 11.0 Å². The number of ether oxygens (including phenoxy) is 1. The largest absolute Gasteiger partial charge is 0.465 e. The van der Waals surface area contributed by atoms with Crippen molar-refractivity contribution in [2.45, 2.75) is 19.9 Å². The first-order chi connectivity index (χ1) is 14.5. The number of rotatable bonds is 4. The number of aromatic nitrogens is 1. The molecule has 2 amide bonds. The van der Waals surface area contributed by atoms with Gasteiger partial charge in [0.1, 0.15) is 5.00 Å². The fourth-order valence-corrected chi connectivity index (χ4v) is 4.61. The fourth-order valence-electron chi connectivity index (χ4n) is 3.37. The zero-order valence-corrected chi connectivity index (χ0v) is 17.2. The maximum absolute atomic E-state index is 12.8. The number of esters is 1. The molecular formula is C21H19N3O5S. The molecule has 0 saturated heterocycles. The maximum atomic E-state index is 12.8. The second-order valence-corrected chi connectivity index (χ2v) is 7.89. The van der Waals surface area contributed by atoms with Crippen molar-refractivity contribution in [3.8, 4) is 11.3 Å². The quantitative estimate of drug-likeness (QED) is 0.643. The first-order valence-electron chi connectivity index (χ1n) is 9.29. The van der Waals surface area contributed by atoms with E-state index in [2.05, 4.69) is 10.5 Å². The van der Waals surface area contributed by atoms with Crippen molar-refractivity contribution in [1.29, 1.82) is 0 Å². The van der Waals surface area contributed by atoms with Crippen LogP contribution in [-0.2, 0) is 22.5 Å². The monoisotopic (exact) mass is 425 g/mol. The molecule has 0 radical (unpaired) electrons. The minimum atomic E-state index is -0.524. The summed E-state index contributed by atoms with van der Waals surface area (Å²) in [4.78, 5) is 39.5. The van der Waals surface area contributed by atoms with Gasteiger partial charge in [-0.3, -0.25) is 9.59 Å². The molecule has 0 aliphatic carbocycles. The predicted molar refractivity (Wildman–Crippen MR) is 110 cm³/mol. The Bertz CT molecular complexity index is 1120. The van der Waals surface area contributed by atoms with Crippen molar-refractivity contribution in [2.24, 2.45) is 0 Å². The molecule has 2 aromatic heterocycles. The SMILES string of the molecule is COC(=O)c1c(NC(=O)c2cc(-c3ccccc3)on2)sc2c1CCN(C(C)=O)C2. The molecule has 3 aromatic rings. The lowest BCUT2D eigenvalue weighted by molar-refractivity contribution is -0.129. The summed E-state index contributed by atoms with van der Waals surface area (Å²) in [5, 5.41) is 6.99. The molecule has 9 heteroatoms. The average molecular weight is 425 g/mol. The third-order valence-electron chi connectivity index (χ3n) is 4.92. The molecular weight excluding hydrogens is 406 g/mol. The van der Waals surface area contributed by atoms with Gasteiger partial charge in [0.15, 0.2) is 11.5 Å². The van der Waals surface area contributed by atoms with Crippen LogP contribution in [0.5, 0.6) is 0 Å². The van der Waals surface area contributed by atoms with Gasteiger partial charge in [0.05, 0.1) is 19.2 Å². The highest BCUT2D eigenvalue weighted by Crippen LogP contribution is 2.38. The van der Waals surface area contributed by atoms with Gasteiger partial charge in [-0.1, -0.05) is 35.5 Å². The minimum absolute atomic E-state index is 0.0321. The Balaban J connectivity index is 1.61. The van der Waals surface area contributed by atoms with Crippen molar-refractivity contribution < 1.29 is 23.6 Å². The van der Waals surface area contributed by atoms with Crippen LogP contribution < -0.4 is 5.32 Å². The normalized spacial score (nSPS) is 12.9. The summed E-state index contributed by atoms with van der Waals surface area (Å²) in [5.74, 6) is -0.580. The Morgan fingerprint density at radius 2 is 2.00 bits per heavy atom. The van der Waals surface area contributed by atoms with Gasteiger partial charge in [-0.05, 0) is 12.0 Å².